The minimum atomic E-state index is -0.395. The highest BCUT2D eigenvalue weighted by molar-refractivity contribution is 6.30. The van der Waals surface area contributed by atoms with Crippen LogP contribution < -0.4 is 4.74 Å². The Kier molecular flexibility index (Phi) is 4.74. The molecule has 0 N–H and O–H groups in total. The maximum Gasteiger partial charge on any atom is 0.218 e. The minimum Gasteiger partial charge on any atom is -0.487 e. The fourth-order valence-corrected chi connectivity index (χ4v) is 2.10. The number of hydrogen-bond acceptors (Lipinski definition) is 3. The molecule has 0 spiro atoms. The van der Waals surface area contributed by atoms with Gasteiger partial charge in [-0.15, -0.1) is 0 Å². The summed E-state index contributed by atoms with van der Waals surface area (Å²) < 4.78 is 24.6. The van der Waals surface area contributed by atoms with Gasteiger partial charge in [0.15, 0.2) is 0 Å². The smallest absolute Gasteiger partial charge is 0.218 e. The molecule has 5 heteroatoms. The normalized spacial score (nSPS) is 11.0. The molecule has 0 aliphatic rings. The summed E-state index contributed by atoms with van der Waals surface area (Å²) in [5.74, 6) is 0.745. The monoisotopic (exact) mass is 329 g/mol. The molecular formula is C18H13ClFNO2. The first kappa shape index (κ1) is 15.3. The van der Waals surface area contributed by atoms with Gasteiger partial charge in [-0.2, -0.15) is 0 Å². The van der Waals surface area contributed by atoms with Crippen LogP contribution >= 0.6 is 11.6 Å². The summed E-state index contributed by atoms with van der Waals surface area (Å²) in [6.45, 7) is 0.302. The number of hydrogen-bond donors (Lipinski definition) is 0. The molecule has 2 aromatic carbocycles. The molecule has 3 rings (SSSR count). The van der Waals surface area contributed by atoms with Crippen LogP contribution in [0, 0.1) is 5.82 Å². The predicted octanol–water partition coefficient (Wildman–Crippen LogP) is 5.22. The van der Waals surface area contributed by atoms with E-state index < -0.39 is 5.82 Å². The maximum atomic E-state index is 13.7. The Morgan fingerprint density at radius 2 is 1.96 bits per heavy atom. The third-order valence-corrected chi connectivity index (χ3v) is 3.30. The first-order valence-electron chi connectivity index (χ1n) is 6.96. The van der Waals surface area contributed by atoms with Crippen LogP contribution in [0.3, 0.4) is 0 Å². The van der Waals surface area contributed by atoms with Gasteiger partial charge in [-0.3, -0.25) is 0 Å². The fourth-order valence-electron chi connectivity index (χ4n) is 1.94. The van der Waals surface area contributed by atoms with Crippen molar-refractivity contribution in [2.24, 2.45) is 0 Å². The van der Waals surface area contributed by atoms with Crippen LogP contribution in [-0.4, -0.2) is 4.98 Å². The van der Waals surface area contributed by atoms with Gasteiger partial charge in [-0.25, -0.2) is 9.37 Å². The van der Waals surface area contributed by atoms with E-state index in [1.54, 1.807) is 24.3 Å². The minimum absolute atomic E-state index is 0.302. The fraction of sp³-hybridized carbons (Fsp3) is 0.0556. The molecule has 0 saturated carbocycles. The van der Waals surface area contributed by atoms with Crippen LogP contribution in [-0.2, 0) is 6.61 Å². The van der Waals surface area contributed by atoms with Crippen molar-refractivity contribution in [1.29, 1.82) is 0 Å². The molecule has 23 heavy (non-hydrogen) atoms. The average molecular weight is 330 g/mol. The summed E-state index contributed by atoms with van der Waals surface area (Å²) in [5, 5.41) is 0.358. The summed E-state index contributed by atoms with van der Waals surface area (Å²) in [5.41, 5.74) is 1.07. The second-order valence-corrected chi connectivity index (χ2v) is 5.21. The standard InChI is InChI=1S/C18H13ClFNO2/c19-14-8-6-13(17(20)10-14)7-9-18-21-15(12-23-18)11-22-16-4-2-1-3-5-16/h1-10,12H,11H2/b9-7+. The van der Waals surface area contributed by atoms with E-state index in [2.05, 4.69) is 4.98 Å². The van der Waals surface area contributed by atoms with E-state index in [-0.39, 0.29) is 0 Å². The van der Waals surface area contributed by atoms with Crippen LogP contribution in [0.1, 0.15) is 17.1 Å². The van der Waals surface area contributed by atoms with Crippen LogP contribution in [0.2, 0.25) is 5.02 Å². The van der Waals surface area contributed by atoms with E-state index in [1.165, 1.54) is 12.3 Å². The summed E-state index contributed by atoms with van der Waals surface area (Å²) in [6, 6.07) is 13.9. The molecule has 0 aliphatic heterocycles. The molecule has 1 aromatic heterocycles. The van der Waals surface area contributed by atoms with E-state index >= 15 is 0 Å². The second-order valence-electron chi connectivity index (χ2n) is 4.78. The molecule has 0 aliphatic carbocycles. The van der Waals surface area contributed by atoms with Gasteiger partial charge in [-0.1, -0.05) is 35.9 Å². The highest BCUT2D eigenvalue weighted by Gasteiger charge is 2.04. The van der Waals surface area contributed by atoms with E-state index in [0.29, 0.717) is 28.8 Å². The lowest BCUT2D eigenvalue weighted by Crippen LogP contribution is -1.95. The molecule has 0 unspecified atom stereocenters. The van der Waals surface area contributed by atoms with Gasteiger partial charge < -0.3 is 9.15 Å². The molecule has 116 valence electrons. The van der Waals surface area contributed by atoms with E-state index in [0.717, 1.165) is 5.75 Å². The Hall–Kier alpha value is -2.59. The summed E-state index contributed by atoms with van der Waals surface area (Å²) in [4.78, 5) is 4.26. The lowest BCUT2D eigenvalue weighted by Gasteiger charge is -2.01. The zero-order valence-electron chi connectivity index (χ0n) is 12.1. The van der Waals surface area contributed by atoms with Crippen LogP contribution in [0.5, 0.6) is 5.75 Å². The molecular weight excluding hydrogens is 317 g/mol. The highest BCUT2D eigenvalue weighted by Crippen LogP contribution is 2.17. The molecule has 0 amide bonds. The van der Waals surface area contributed by atoms with E-state index in [9.17, 15) is 4.39 Å². The Morgan fingerprint density at radius 1 is 1.13 bits per heavy atom. The van der Waals surface area contributed by atoms with Gasteiger partial charge >= 0.3 is 0 Å². The molecule has 0 saturated heterocycles. The van der Waals surface area contributed by atoms with Gasteiger partial charge in [-0.05, 0) is 30.3 Å². The van der Waals surface area contributed by atoms with Gasteiger partial charge in [0.25, 0.3) is 0 Å². The number of aromatic nitrogens is 1. The number of ether oxygens (including phenoxy) is 1. The lowest BCUT2D eigenvalue weighted by molar-refractivity contribution is 0.301. The molecule has 0 atom stereocenters. The van der Waals surface area contributed by atoms with Crippen LogP contribution in [0.25, 0.3) is 12.2 Å². The molecule has 3 nitrogen and oxygen atoms in total. The number of halogens is 2. The third kappa shape index (κ3) is 4.20. The Bertz CT molecular complexity index is 815. The van der Waals surface area contributed by atoms with Crippen molar-refractivity contribution < 1.29 is 13.5 Å². The summed E-state index contributed by atoms with van der Waals surface area (Å²) in [6.07, 6.45) is 4.69. The Morgan fingerprint density at radius 3 is 2.74 bits per heavy atom. The topological polar surface area (TPSA) is 35.3 Å². The second kappa shape index (κ2) is 7.11. The largest absolute Gasteiger partial charge is 0.487 e. The van der Waals surface area contributed by atoms with Crippen molar-refractivity contribution in [3.8, 4) is 5.75 Å². The van der Waals surface area contributed by atoms with Gasteiger partial charge in [0, 0.05) is 16.7 Å². The average Bonchev–Trinajstić information content (AvgIpc) is 3.01. The van der Waals surface area contributed by atoms with Gasteiger partial charge in [0.2, 0.25) is 5.89 Å². The van der Waals surface area contributed by atoms with Gasteiger partial charge in [0.05, 0.1) is 0 Å². The van der Waals surface area contributed by atoms with Crippen LogP contribution in [0.4, 0.5) is 4.39 Å². The zero-order valence-corrected chi connectivity index (χ0v) is 12.8. The summed E-state index contributed by atoms with van der Waals surface area (Å²) >= 11 is 5.71. The van der Waals surface area contributed by atoms with Crippen molar-refractivity contribution in [3.63, 3.8) is 0 Å². The number of benzene rings is 2. The Balaban J connectivity index is 1.64. The summed E-state index contributed by atoms with van der Waals surface area (Å²) in [7, 11) is 0. The van der Waals surface area contributed by atoms with Crippen molar-refractivity contribution in [1.82, 2.24) is 4.98 Å². The van der Waals surface area contributed by atoms with Gasteiger partial charge in [0.1, 0.15) is 30.1 Å². The molecule has 0 bridgehead atoms. The zero-order chi connectivity index (χ0) is 16.1. The predicted molar refractivity (Wildman–Crippen MR) is 87.6 cm³/mol. The first-order chi connectivity index (χ1) is 11.2. The third-order valence-electron chi connectivity index (χ3n) is 3.07. The molecule has 0 radical (unpaired) electrons. The van der Waals surface area contributed by atoms with E-state index in [1.807, 2.05) is 30.3 Å². The van der Waals surface area contributed by atoms with Crippen molar-refractivity contribution in [2.45, 2.75) is 6.61 Å². The maximum absolute atomic E-state index is 13.7. The highest BCUT2D eigenvalue weighted by atomic mass is 35.5. The van der Waals surface area contributed by atoms with E-state index in [4.69, 9.17) is 20.8 Å². The molecule has 3 aromatic rings. The van der Waals surface area contributed by atoms with Crippen molar-refractivity contribution in [3.05, 3.63) is 82.8 Å². The first-order valence-corrected chi connectivity index (χ1v) is 7.34. The Labute approximate surface area is 138 Å². The number of nitrogens with zero attached hydrogens (tertiary/aromatic N) is 1. The quantitative estimate of drug-likeness (QED) is 0.644. The molecule has 0 fully saturated rings. The number of para-hydroxylation sites is 1. The van der Waals surface area contributed by atoms with Crippen molar-refractivity contribution >= 4 is 23.8 Å². The van der Waals surface area contributed by atoms with Crippen molar-refractivity contribution in [2.75, 3.05) is 0 Å². The SMILES string of the molecule is Fc1cc(Cl)ccc1/C=C/c1nc(COc2ccccc2)co1. The number of rotatable bonds is 5. The molecule has 1 heterocycles. The number of oxazole rings is 1. The lowest BCUT2D eigenvalue weighted by atomic mass is 10.2. The van der Waals surface area contributed by atoms with Crippen LogP contribution in [0.15, 0.2) is 59.2 Å².